The molecule has 78 valence electrons. The van der Waals surface area contributed by atoms with Gasteiger partial charge in [0, 0.05) is 11.8 Å². The maximum atomic E-state index is 10.4. The molecule has 1 atom stereocenters. The molecule has 0 fully saturated rings. The Labute approximate surface area is 83.8 Å². The van der Waals surface area contributed by atoms with Gasteiger partial charge in [0.25, 0.3) is 0 Å². The van der Waals surface area contributed by atoms with Crippen LogP contribution >= 0.6 is 0 Å². The van der Waals surface area contributed by atoms with Crippen LogP contribution in [0.15, 0.2) is 12.3 Å². The SMILES string of the molecule is O=C(O)C[C@H](O)c1cnc2n[nH]nc2c1. The van der Waals surface area contributed by atoms with Crippen molar-refractivity contribution in [2.75, 3.05) is 0 Å². The lowest BCUT2D eigenvalue weighted by atomic mass is 10.1. The minimum Gasteiger partial charge on any atom is -0.481 e. The third-order valence-electron chi connectivity index (χ3n) is 1.95. The van der Waals surface area contributed by atoms with E-state index in [1.807, 2.05) is 0 Å². The zero-order valence-electron chi connectivity index (χ0n) is 7.58. The summed E-state index contributed by atoms with van der Waals surface area (Å²) in [4.78, 5) is 14.3. The second-order valence-electron chi connectivity index (χ2n) is 3.05. The molecule has 0 spiro atoms. The first-order valence-corrected chi connectivity index (χ1v) is 4.23. The molecule has 2 aromatic heterocycles. The van der Waals surface area contributed by atoms with E-state index in [4.69, 9.17) is 5.11 Å². The van der Waals surface area contributed by atoms with Crippen molar-refractivity contribution in [2.45, 2.75) is 12.5 Å². The van der Waals surface area contributed by atoms with Crippen molar-refractivity contribution in [2.24, 2.45) is 0 Å². The number of rotatable bonds is 3. The van der Waals surface area contributed by atoms with Gasteiger partial charge in [-0.1, -0.05) is 0 Å². The number of aliphatic carboxylic acids is 1. The molecule has 0 saturated heterocycles. The molecule has 7 heteroatoms. The van der Waals surface area contributed by atoms with Gasteiger partial charge in [-0.3, -0.25) is 4.79 Å². The van der Waals surface area contributed by atoms with Crippen LogP contribution in [0.4, 0.5) is 0 Å². The van der Waals surface area contributed by atoms with Gasteiger partial charge in [0.2, 0.25) is 5.65 Å². The fraction of sp³-hybridized carbons (Fsp3) is 0.250. The van der Waals surface area contributed by atoms with E-state index in [-0.39, 0.29) is 6.42 Å². The molecule has 0 aliphatic carbocycles. The quantitative estimate of drug-likeness (QED) is 0.647. The van der Waals surface area contributed by atoms with E-state index in [0.717, 1.165) is 0 Å². The molecule has 2 rings (SSSR count). The number of aromatic nitrogens is 4. The number of fused-ring (bicyclic) bond motifs is 1. The second kappa shape index (κ2) is 3.62. The molecule has 0 saturated carbocycles. The van der Waals surface area contributed by atoms with Gasteiger partial charge in [-0.25, -0.2) is 4.98 Å². The minimum absolute atomic E-state index is 0.356. The summed E-state index contributed by atoms with van der Waals surface area (Å²) in [5.74, 6) is -1.07. The van der Waals surface area contributed by atoms with Crippen LogP contribution in [-0.2, 0) is 4.79 Å². The van der Waals surface area contributed by atoms with Gasteiger partial charge in [-0.15, -0.1) is 5.10 Å². The molecule has 0 amide bonds. The number of aliphatic hydroxyl groups excluding tert-OH is 1. The third kappa shape index (κ3) is 1.91. The van der Waals surface area contributed by atoms with Gasteiger partial charge in [-0.05, 0) is 6.07 Å². The molecule has 0 aromatic carbocycles. The van der Waals surface area contributed by atoms with E-state index >= 15 is 0 Å². The Balaban J connectivity index is 2.30. The van der Waals surface area contributed by atoms with E-state index in [1.54, 1.807) is 6.07 Å². The lowest BCUT2D eigenvalue weighted by Crippen LogP contribution is -2.05. The van der Waals surface area contributed by atoms with E-state index in [0.29, 0.717) is 16.7 Å². The zero-order chi connectivity index (χ0) is 10.8. The minimum atomic E-state index is -1.07. The van der Waals surface area contributed by atoms with Gasteiger partial charge < -0.3 is 10.2 Å². The molecule has 2 heterocycles. The van der Waals surface area contributed by atoms with Gasteiger partial charge in [0.1, 0.15) is 5.52 Å². The predicted octanol–water partition coefficient (Wildman–Crippen LogP) is -0.139. The lowest BCUT2D eigenvalue weighted by Gasteiger charge is -2.06. The number of pyridine rings is 1. The van der Waals surface area contributed by atoms with E-state index < -0.39 is 12.1 Å². The van der Waals surface area contributed by atoms with Crippen molar-refractivity contribution in [3.8, 4) is 0 Å². The number of H-pyrrole nitrogens is 1. The number of aromatic amines is 1. The van der Waals surface area contributed by atoms with Crippen LogP contribution in [0.2, 0.25) is 0 Å². The number of nitrogens with zero attached hydrogens (tertiary/aromatic N) is 3. The van der Waals surface area contributed by atoms with Crippen LogP contribution in [0.25, 0.3) is 11.2 Å². The van der Waals surface area contributed by atoms with E-state index in [2.05, 4.69) is 20.4 Å². The number of carboxylic acid groups (broad SMARTS) is 1. The van der Waals surface area contributed by atoms with Crippen molar-refractivity contribution in [1.29, 1.82) is 0 Å². The molecule has 0 aliphatic rings. The van der Waals surface area contributed by atoms with Gasteiger partial charge in [0.05, 0.1) is 12.5 Å². The van der Waals surface area contributed by atoms with Gasteiger partial charge in [0.15, 0.2) is 0 Å². The van der Waals surface area contributed by atoms with Crippen molar-refractivity contribution in [1.82, 2.24) is 20.4 Å². The fourth-order valence-corrected chi connectivity index (χ4v) is 1.22. The summed E-state index contributed by atoms with van der Waals surface area (Å²) in [5, 5.41) is 27.9. The van der Waals surface area contributed by atoms with Crippen LogP contribution < -0.4 is 0 Å². The van der Waals surface area contributed by atoms with Gasteiger partial charge >= 0.3 is 5.97 Å². The molecule has 0 radical (unpaired) electrons. The topological polar surface area (TPSA) is 112 Å². The summed E-state index contributed by atoms with van der Waals surface area (Å²) >= 11 is 0. The molecule has 15 heavy (non-hydrogen) atoms. The average molecular weight is 208 g/mol. The Morgan fingerprint density at radius 1 is 1.53 bits per heavy atom. The van der Waals surface area contributed by atoms with Crippen LogP contribution in [0.5, 0.6) is 0 Å². The standard InChI is InChI=1S/C8H8N4O3/c13-6(2-7(14)15)4-1-5-8(9-3-4)11-12-10-5/h1,3,6,13H,2H2,(H,14,15)(H,9,10,11,12)/t6-/m0/s1. The van der Waals surface area contributed by atoms with Crippen molar-refractivity contribution in [3.63, 3.8) is 0 Å². The Hall–Kier alpha value is -2.02. The Kier molecular flexibility index (Phi) is 2.30. The number of carbonyl (C=O) groups is 1. The van der Waals surface area contributed by atoms with Crippen LogP contribution in [0.3, 0.4) is 0 Å². The smallest absolute Gasteiger partial charge is 0.306 e. The van der Waals surface area contributed by atoms with Gasteiger partial charge in [-0.2, -0.15) is 10.3 Å². The first kappa shape index (κ1) is 9.53. The highest BCUT2D eigenvalue weighted by Gasteiger charge is 2.13. The molecule has 7 nitrogen and oxygen atoms in total. The Morgan fingerprint density at radius 3 is 3.07 bits per heavy atom. The molecule has 0 bridgehead atoms. The zero-order valence-corrected chi connectivity index (χ0v) is 7.58. The molecule has 0 aliphatic heterocycles. The normalized spacial score (nSPS) is 12.9. The molecule has 0 unspecified atom stereocenters. The monoisotopic (exact) mass is 208 g/mol. The first-order chi connectivity index (χ1) is 7.16. The summed E-state index contributed by atoms with van der Waals surface area (Å²) in [6, 6.07) is 1.56. The van der Waals surface area contributed by atoms with Crippen LogP contribution in [0, 0.1) is 0 Å². The number of hydrogen-bond donors (Lipinski definition) is 3. The first-order valence-electron chi connectivity index (χ1n) is 4.23. The summed E-state index contributed by atoms with van der Waals surface area (Å²) in [7, 11) is 0. The maximum absolute atomic E-state index is 10.4. The van der Waals surface area contributed by atoms with E-state index in [9.17, 15) is 9.90 Å². The highest BCUT2D eigenvalue weighted by Crippen LogP contribution is 2.17. The third-order valence-corrected chi connectivity index (χ3v) is 1.95. The molecule has 2 aromatic rings. The summed E-state index contributed by atoms with van der Waals surface area (Å²) in [5.41, 5.74) is 1.34. The fourth-order valence-electron chi connectivity index (χ4n) is 1.22. The number of aliphatic hydroxyl groups is 1. The maximum Gasteiger partial charge on any atom is 0.306 e. The number of hydrogen-bond acceptors (Lipinski definition) is 5. The van der Waals surface area contributed by atoms with Crippen LogP contribution in [-0.4, -0.2) is 36.6 Å². The lowest BCUT2D eigenvalue weighted by molar-refractivity contribution is -0.139. The summed E-state index contributed by atoms with van der Waals surface area (Å²) < 4.78 is 0. The highest BCUT2D eigenvalue weighted by molar-refractivity contribution is 5.70. The number of nitrogens with one attached hydrogen (secondary N) is 1. The largest absolute Gasteiger partial charge is 0.481 e. The van der Waals surface area contributed by atoms with Crippen LogP contribution in [0.1, 0.15) is 18.1 Å². The predicted molar refractivity (Wildman–Crippen MR) is 48.9 cm³/mol. The number of carboxylic acids is 1. The molecular formula is C8H8N4O3. The summed E-state index contributed by atoms with van der Waals surface area (Å²) in [6.07, 6.45) is -0.0418. The average Bonchev–Trinajstić information content (AvgIpc) is 2.62. The second-order valence-corrected chi connectivity index (χ2v) is 3.05. The highest BCUT2D eigenvalue weighted by atomic mass is 16.4. The Morgan fingerprint density at radius 2 is 2.33 bits per heavy atom. The van der Waals surface area contributed by atoms with Crippen molar-refractivity contribution >= 4 is 17.1 Å². The molecule has 3 N–H and O–H groups in total. The molecular weight excluding hydrogens is 200 g/mol. The van der Waals surface area contributed by atoms with E-state index in [1.165, 1.54) is 6.20 Å². The van der Waals surface area contributed by atoms with Crippen molar-refractivity contribution < 1.29 is 15.0 Å². The summed E-state index contributed by atoms with van der Waals surface area (Å²) in [6.45, 7) is 0. The van der Waals surface area contributed by atoms with Crippen molar-refractivity contribution in [3.05, 3.63) is 17.8 Å². The Bertz CT molecular complexity index is 495.